The van der Waals surface area contributed by atoms with E-state index < -0.39 is 30.7 Å². The van der Waals surface area contributed by atoms with E-state index in [1.54, 1.807) is 0 Å². The van der Waals surface area contributed by atoms with Gasteiger partial charge in [0, 0.05) is 12.6 Å². The molecule has 2 fully saturated rings. The smallest absolute Gasteiger partial charge is 0.219 e. The topological polar surface area (TPSA) is 93.4 Å². The van der Waals surface area contributed by atoms with Crippen LogP contribution in [-0.2, 0) is 4.74 Å². The number of rotatable bonds is 4. The zero-order valence-electron chi connectivity index (χ0n) is 10.7. The maximum absolute atomic E-state index is 9.87. The van der Waals surface area contributed by atoms with Crippen molar-refractivity contribution in [1.82, 2.24) is 4.90 Å². The second-order valence-electron chi connectivity index (χ2n) is 5.29. The third-order valence-electron chi connectivity index (χ3n) is 4.13. The SMILES string of the molecule is CCC1CCCN1C[C@@H]1O[C@](O)(CO)[C@@H](O)[C@@H]1O. The minimum atomic E-state index is -2.04. The van der Waals surface area contributed by atoms with Crippen molar-refractivity contribution in [3.8, 4) is 0 Å². The molecule has 6 heteroatoms. The van der Waals surface area contributed by atoms with E-state index in [4.69, 9.17) is 9.84 Å². The van der Waals surface area contributed by atoms with Gasteiger partial charge in [-0.15, -0.1) is 0 Å². The van der Waals surface area contributed by atoms with Crippen LogP contribution in [0.5, 0.6) is 0 Å². The van der Waals surface area contributed by atoms with Crippen LogP contribution in [0.15, 0.2) is 0 Å². The van der Waals surface area contributed by atoms with Gasteiger partial charge in [-0.3, -0.25) is 4.90 Å². The van der Waals surface area contributed by atoms with Crippen LogP contribution in [-0.4, -0.2) is 75.2 Å². The Labute approximate surface area is 107 Å². The maximum atomic E-state index is 9.87. The molecule has 0 saturated carbocycles. The van der Waals surface area contributed by atoms with Crippen LogP contribution in [0.2, 0.25) is 0 Å². The molecule has 2 aliphatic heterocycles. The second kappa shape index (κ2) is 5.40. The number of aliphatic hydroxyl groups is 4. The Morgan fingerprint density at radius 3 is 2.67 bits per heavy atom. The molecule has 2 saturated heterocycles. The summed E-state index contributed by atoms with van der Waals surface area (Å²) in [5.74, 6) is -2.04. The normalized spacial score (nSPS) is 45.8. The van der Waals surface area contributed by atoms with Crippen molar-refractivity contribution in [3.05, 3.63) is 0 Å². The third kappa shape index (κ3) is 2.41. The van der Waals surface area contributed by atoms with Gasteiger partial charge in [0.1, 0.15) is 18.3 Å². The van der Waals surface area contributed by atoms with E-state index in [0.29, 0.717) is 12.6 Å². The van der Waals surface area contributed by atoms with Gasteiger partial charge < -0.3 is 25.2 Å². The van der Waals surface area contributed by atoms with Gasteiger partial charge >= 0.3 is 0 Å². The number of hydrogen-bond donors (Lipinski definition) is 4. The first kappa shape index (κ1) is 14.2. The molecule has 2 aliphatic rings. The quantitative estimate of drug-likeness (QED) is 0.501. The summed E-state index contributed by atoms with van der Waals surface area (Å²) >= 11 is 0. The first-order valence-electron chi connectivity index (χ1n) is 6.63. The van der Waals surface area contributed by atoms with Gasteiger partial charge in [-0.25, -0.2) is 0 Å². The van der Waals surface area contributed by atoms with Crippen LogP contribution in [0.4, 0.5) is 0 Å². The number of aliphatic hydroxyl groups excluding tert-OH is 3. The van der Waals surface area contributed by atoms with E-state index in [9.17, 15) is 15.3 Å². The number of likely N-dealkylation sites (tertiary alicyclic amines) is 1. The molecule has 0 aromatic rings. The van der Waals surface area contributed by atoms with Crippen LogP contribution >= 0.6 is 0 Å². The van der Waals surface area contributed by atoms with Gasteiger partial charge in [-0.05, 0) is 25.8 Å². The minimum absolute atomic E-state index is 0.471. The standard InChI is InChI=1S/C12H23NO5/c1-2-8-4-3-5-13(8)6-9-10(15)11(16)12(17,7-14)18-9/h8-11,14-17H,2-7H2,1H3/t8?,9-,10+,11-,12+/m0/s1. The zero-order chi connectivity index (χ0) is 13.3. The van der Waals surface area contributed by atoms with Crippen LogP contribution in [0.3, 0.4) is 0 Å². The first-order valence-corrected chi connectivity index (χ1v) is 6.63. The summed E-state index contributed by atoms with van der Waals surface area (Å²) in [6.07, 6.45) is -0.00430. The molecule has 0 aromatic carbocycles. The summed E-state index contributed by atoms with van der Waals surface area (Å²) in [4.78, 5) is 2.21. The Hall–Kier alpha value is -0.240. The molecule has 0 aliphatic carbocycles. The van der Waals surface area contributed by atoms with Crippen molar-refractivity contribution < 1.29 is 25.2 Å². The predicted molar refractivity (Wildman–Crippen MR) is 63.8 cm³/mol. The molecule has 18 heavy (non-hydrogen) atoms. The summed E-state index contributed by atoms with van der Waals surface area (Å²) in [5, 5.41) is 38.4. The summed E-state index contributed by atoms with van der Waals surface area (Å²) in [7, 11) is 0. The molecule has 0 spiro atoms. The van der Waals surface area contributed by atoms with Crippen molar-refractivity contribution in [3.63, 3.8) is 0 Å². The Balaban J connectivity index is 1.98. The number of nitrogens with zero attached hydrogens (tertiary/aromatic N) is 1. The Morgan fingerprint density at radius 1 is 1.39 bits per heavy atom. The van der Waals surface area contributed by atoms with Gasteiger partial charge in [0.05, 0.1) is 6.61 Å². The predicted octanol–water partition coefficient (Wildman–Crippen LogP) is -1.34. The van der Waals surface area contributed by atoms with E-state index >= 15 is 0 Å². The van der Waals surface area contributed by atoms with Crippen molar-refractivity contribution in [1.29, 1.82) is 0 Å². The Kier molecular flexibility index (Phi) is 4.25. The number of ether oxygens (including phenoxy) is 1. The van der Waals surface area contributed by atoms with Gasteiger partial charge in [0.15, 0.2) is 0 Å². The molecule has 4 N–H and O–H groups in total. The van der Waals surface area contributed by atoms with Crippen LogP contribution in [0.25, 0.3) is 0 Å². The molecule has 6 nitrogen and oxygen atoms in total. The molecular formula is C12H23NO5. The molecule has 0 aromatic heterocycles. The fourth-order valence-electron chi connectivity index (χ4n) is 2.98. The molecule has 1 unspecified atom stereocenters. The van der Waals surface area contributed by atoms with Crippen LogP contribution in [0, 0.1) is 0 Å². The highest BCUT2D eigenvalue weighted by Crippen LogP contribution is 2.31. The van der Waals surface area contributed by atoms with E-state index in [-0.39, 0.29) is 0 Å². The van der Waals surface area contributed by atoms with Crippen LogP contribution in [0.1, 0.15) is 26.2 Å². The van der Waals surface area contributed by atoms with E-state index in [1.807, 2.05) is 0 Å². The zero-order valence-corrected chi connectivity index (χ0v) is 10.7. The van der Waals surface area contributed by atoms with Gasteiger partial charge in [0.2, 0.25) is 5.79 Å². The second-order valence-corrected chi connectivity index (χ2v) is 5.29. The lowest BCUT2D eigenvalue weighted by molar-refractivity contribution is -0.246. The summed E-state index contributed by atoms with van der Waals surface area (Å²) < 4.78 is 5.24. The summed E-state index contributed by atoms with van der Waals surface area (Å²) in [6.45, 7) is 2.81. The fourth-order valence-corrected chi connectivity index (χ4v) is 2.98. The minimum Gasteiger partial charge on any atom is -0.391 e. The highest BCUT2D eigenvalue weighted by Gasteiger charge is 2.53. The van der Waals surface area contributed by atoms with Crippen molar-refractivity contribution >= 4 is 0 Å². The van der Waals surface area contributed by atoms with Gasteiger partial charge in [-0.2, -0.15) is 0 Å². The van der Waals surface area contributed by atoms with Crippen molar-refractivity contribution in [2.45, 2.75) is 56.3 Å². The molecule has 0 amide bonds. The highest BCUT2D eigenvalue weighted by atomic mass is 16.7. The monoisotopic (exact) mass is 261 g/mol. The summed E-state index contributed by atoms with van der Waals surface area (Å²) in [6, 6.07) is 0.473. The Bertz CT molecular complexity index is 290. The van der Waals surface area contributed by atoms with E-state index in [1.165, 1.54) is 0 Å². The first-order chi connectivity index (χ1) is 8.51. The fraction of sp³-hybridized carbons (Fsp3) is 1.00. The average Bonchev–Trinajstić information content (AvgIpc) is 2.90. The third-order valence-corrected chi connectivity index (χ3v) is 4.13. The summed E-state index contributed by atoms with van der Waals surface area (Å²) in [5.41, 5.74) is 0. The molecular weight excluding hydrogens is 238 g/mol. The molecule has 0 radical (unpaired) electrons. The lowest BCUT2D eigenvalue weighted by Crippen LogP contribution is -2.46. The highest BCUT2D eigenvalue weighted by molar-refractivity contribution is 4.97. The lowest BCUT2D eigenvalue weighted by atomic mass is 10.1. The molecule has 0 bridgehead atoms. The van der Waals surface area contributed by atoms with Gasteiger partial charge in [0.25, 0.3) is 0 Å². The Morgan fingerprint density at radius 2 is 2.11 bits per heavy atom. The molecule has 106 valence electrons. The average molecular weight is 261 g/mol. The molecule has 5 atom stereocenters. The largest absolute Gasteiger partial charge is 0.391 e. The van der Waals surface area contributed by atoms with Crippen molar-refractivity contribution in [2.75, 3.05) is 19.7 Å². The number of hydrogen-bond acceptors (Lipinski definition) is 6. The van der Waals surface area contributed by atoms with E-state index in [0.717, 1.165) is 25.8 Å². The molecule has 2 rings (SSSR count). The van der Waals surface area contributed by atoms with Gasteiger partial charge in [-0.1, -0.05) is 6.92 Å². The lowest BCUT2D eigenvalue weighted by Gasteiger charge is -2.27. The van der Waals surface area contributed by atoms with Crippen molar-refractivity contribution in [2.24, 2.45) is 0 Å². The maximum Gasteiger partial charge on any atom is 0.219 e. The van der Waals surface area contributed by atoms with E-state index in [2.05, 4.69) is 11.8 Å². The molecule has 2 heterocycles. The van der Waals surface area contributed by atoms with Crippen LogP contribution < -0.4 is 0 Å².